The lowest BCUT2D eigenvalue weighted by atomic mass is 10.0. The van der Waals surface area contributed by atoms with Crippen LogP contribution in [0.1, 0.15) is 220 Å². The maximum absolute atomic E-state index is 11.4. The van der Waals surface area contributed by atoms with Gasteiger partial charge in [-0.15, -0.1) is 0 Å². The fourth-order valence-electron chi connectivity index (χ4n) is 5.31. The molecule has 0 spiro atoms. The van der Waals surface area contributed by atoms with Crippen LogP contribution in [0.15, 0.2) is 12.2 Å². The Bertz CT molecular complexity index is 584. The van der Waals surface area contributed by atoms with Crippen molar-refractivity contribution in [3.8, 4) is 0 Å². The number of hydrogen-bond donors (Lipinski definition) is 1. The molecule has 0 aromatic heterocycles. The number of esters is 1. The lowest BCUT2D eigenvalue weighted by Crippen LogP contribution is -2.10. The number of carbonyl (C=O) groups excluding carboxylic acids is 1. The lowest BCUT2D eigenvalue weighted by Gasteiger charge is -2.07. The smallest absolute Gasteiger partial charge is 0.306 e. The molecule has 0 saturated carbocycles. The molecule has 0 aliphatic heterocycles. The highest BCUT2D eigenvalue weighted by atomic mass is 16.5. The largest absolute Gasteiger partial charge is 0.481 e. The topological polar surface area (TPSA) is 63.6 Å². The Hall–Kier alpha value is -1.32. The van der Waals surface area contributed by atoms with Gasteiger partial charge in [0.25, 0.3) is 0 Å². The molecule has 0 atom stereocenters. The van der Waals surface area contributed by atoms with Crippen molar-refractivity contribution < 1.29 is 19.4 Å². The molecule has 0 aliphatic carbocycles. The number of carbonyl (C=O) groups is 2. The number of unbranched alkanes of at least 4 members (excludes halogenated alkanes) is 25. The molecule has 43 heavy (non-hydrogen) atoms. The van der Waals surface area contributed by atoms with E-state index in [-0.39, 0.29) is 12.1 Å². The van der Waals surface area contributed by atoms with E-state index in [9.17, 15) is 9.59 Å². The van der Waals surface area contributed by atoms with E-state index in [1.165, 1.54) is 161 Å². The van der Waals surface area contributed by atoms with Crippen molar-refractivity contribution in [3.05, 3.63) is 12.2 Å². The molecule has 0 amide bonds. The summed E-state index contributed by atoms with van der Waals surface area (Å²) in [5.41, 5.74) is 0. The fourth-order valence-corrected chi connectivity index (χ4v) is 5.31. The van der Waals surface area contributed by atoms with E-state index in [4.69, 9.17) is 9.84 Å². The Morgan fingerprint density at radius 1 is 0.488 bits per heavy atom. The van der Waals surface area contributed by atoms with Gasteiger partial charge in [0.05, 0.1) is 6.10 Å². The van der Waals surface area contributed by atoms with Gasteiger partial charge in [-0.05, 0) is 52.4 Å². The molecule has 256 valence electrons. The summed E-state index contributed by atoms with van der Waals surface area (Å²) in [6.07, 6.45) is 42.2. The summed E-state index contributed by atoms with van der Waals surface area (Å²) in [4.78, 5) is 21.7. The Balaban J connectivity index is 0. The van der Waals surface area contributed by atoms with Crippen molar-refractivity contribution in [2.75, 3.05) is 0 Å². The molecule has 4 heteroatoms. The van der Waals surface area contributed by atoms with Crippen molar-refractivity contribution in [3.63, 3.8) is 0 Å². The number of aliphatic carboxylic acids is 1. The highest BCUT2D eigenvalue weighted by molar-refractivity contribution is 5.69. The summed E-state index contributed by atoms with van der Waals surface area (Å²) >= 11 is 0. The Morgan fingerprint density at radius 3 is 1.12 bits per heavy atom. The van der Waals surface area contributed by atoms with Gasteiger partial charge >= 0.3 is 11.9 Å². The van der Waals surface area contributed by atoms with E-state index in [1.807, 2.05) is 13.8 Å². The first-order chi connectivity index (χ1) is 20.9. The summed E-state index contributed by atoms with van der Waals surface area (Å²) in [5.74, 6) is -0.697. The zero-order chi connectivity index (χ0) is 32.1. The van der Waals surface area contributed by atoms with Crippen LogP contribution in [0.3, 0.4) is 0 Å². The molecular weight excluding hydrogens is 532 g/mol. The molecule has 0 fully saturated rings. The highest BCUT2D eigenvalue weighted by Gasteiger charge is 2.04. The number of allylic oxidation sites excluding steroid dienone is 2. The van der Waals surface area contributed by atoms with Crippen molar-refractivity contribution in [1.82, 2.24) is 0 Å². The van der Waals surface area contributed by atoms with Crippen molar-refractivity contribution in [2.24, 2.45) is 0 Å². The van der Waals surface area contributed by atoms with Crippen LogP contribution in [0.5, 0.6) is 0 Å². The van der Waals surface area contributed by atoms with Gasteiger partial charge < -0.3 is 9.84 Å². The van der Waals surface area contributed by atoms with Crippen LogP contribution in [0.4, 0.5) is 0 Å². The van der Waals surface area contributed by atoms with Gasteiger partial charge in [0.2, 0.25) is 0 Å². The summed E-state index contributed by atoms with van der Waals surface area (Å²) < 4.78 is 5.13. The van der Waals surface area contributed by atoms with Crippen LogP contribution in [0, 0.1) is 0 Å². The molecular formula is C39H76O4. The van der Waals surface area contributed by atoms with Crippen LogP contribution >= 0.6 is 0 Å². The van der Waals surface area contributed by atoms with Crippen LogP contribution in [0.2, 0.25) is 0 Å². The second-order valence-electron chi connectivity index (χ2n) is 13.0. The quantitative estimate of drug-likeness (QED) is 0.0469. The number of hydrogen-bond acceptors (Lipinski definition) is 3. The van der Waals surface area contributed by atoms with Gasteiger partial charge in [-0.2, -0.15) is 0 Å². The van der Waals surface area contributed by atoms with Crippen molar-refractivity contribution in [1.29, 1.82) is 0 Å². The predicted molar refractivity (Wildman–Crippen MR) is 188 cm³/mol. The molecule has 0 bridgehead atoms. The van der Waals surface area contributed by atoms with Crippen LogP contribution in [-0.4, -0.2) is 23.1 Å². The number of ether oxygens (including phenoxy) is 1. The van der Waals surface area contributed by atoms with Crippen LogP contribution in [0.25, 0.3) is 0 Å². The zero-order valence-corrected chi connectivity index (χ0v) is 29.6. The van der Waals surface area contributed by atoms with Gasteiger partial charge in [0.1, 0.15) is 0 Å². The zero-order valence-electron chi connectivity index (χ0n) is 29.6. The molecule has 0 heterocycles. The number of carboxylic acids is 1. The van der Waals surface area contributed by atoms with Gasteiger partial charge in [-0.1, -0.05) is 167 Å². The minimum absolute atomic E-state index is 0.0267. The first kappa shape index (κ1) is 43.8. The van der Waals surface area contributed by atoms with Gasteiger partial charge in [0.15, 0.2) is 0 Å². The molecule has 0 radical (unpaired) electrons. The molecule has 0 aromatic carbocycles. The Morgan fingerprint density at radius 2 is 0.791 bits per heavy atom. The predicted octanol–water partition coefficient (Wildman–Crippen LogP) is 13.3. The standard InChI is InChI=1S/C21H42O2.C18H34O2/c1-4-5-6-7-8-9-10-11-12-13-14-15-16-17-18-19-21(22)23-20(2)3;1-2-3-4-5-6-7-8-9-10-11-12-13-14-15-16-17-18(19)20/h20H,4-19H2,1-3H3;9-10H,2-8,11-17H2,1H3,(H,19,20)/b;10-9-. The maximum Gasteiger partial charge on any atom is 0.306 e. The molecule has 0 aliphatic rings. The molecule has 4 nitrogen and oxygen atoms in total. The SMILES string of the molecule is CCCCCCCC/C=C\CCCCCCCC(=O)O.CCCCCCCCCCCCCCCCCC(=O)OC(C)C. The average molecular weight is 609 g/mol. The van der Waals surface area contributed by atoms with Gasteiger partial charge in [0, 0.05) is 12.8 Å². The number of rotatable bonds is 32. The van der Waals surface area contributed by atoms with Gasteiger partial charge in [-0.25, -0.2) is 0 Å². The second-order valence-corrected chi connectivity index (χ2v) is 13.0. The van der Waals surface area contributed by atoms with Crippen LogP contribution in [-0.2, 0) is 14.3 Å². The third-order valence-electron chi connectivity index (χ3n) is 8.00. The minimum Gasteiger partial charge on any atom is -0.481 e. The van der Waals surface area contributed by atoms with Gasteiger partial charge in [-0.3, -0.25) is 9.59 Å². The Kier molecular flexibility index (Phi) is 39.4. The minimum atomic E-state index is -0.664. The molecule has 1 N–H and O–H groups in total. The Labute approximate surface area is 269 Å². The summed E-state index contributed by atoms with van der Waals surface area (Å²) in [6, 6.07) is 0. The first-order valence-electron chi connectivity index (χ1n) is 19.0. The summed E-state index contributed by atoms with van der Waals surface area (Å²) in [5, 5.41) is 8.51. The van der Waals surface area contributed by atoms with E-state index in [2.05, 4.69) is 26.0 Å². The fraction of sp³-hybridized carbons (Fsp3) is 0.897. The van der Waals surface area contributed by atoms with Crippen molar-refractivity contribution >= 4 is 11.9 Å². The molecule has 0 saturated heterocycles. The summed E-state index contributed by atoms with van der Waals surface area (Å²) in [6.45, 7) is 8.35. The van der Waals surface area contributed by atoms with E-state index in [0.717, 1.165) is 19.3 Å². The van der Waals surface area contributed by atoms with E-state index in [0.29, 0.717) is 12.8 Å². The highest BCUT2D eigenvalue weighted by Crippen LogP contribution is 2.14. The second kappa shape index (κ2) is 38.7. The average Bonchev–Trinajstić information content (AvgIpc) is 2.97. The molecule has 0 unspecified atom stereocenters. The number of carboxylic acid groups (broad SMARTS) is 1. The monoisotopic (exact) mass is 609 g/mol. The first-order valence-corrected chi connectivity index (χ1v) is 19.0. The third kappa shape index (κ3) is 45.2. The lowest BCUT2D eigenvalue weighted by molar-refractivity contribution is -0.147. The molecule has 0 rings (SSSR count). The summed E-state index contributed by atoms with van der Waals surface area (Å²) in [7, 11) is 0. The van der Waals surface area contributed by atoms with Crippen LogP contribution < -0.4 is 0 Å². The normalized spacial score (nSPS) is 11.2. The van der Waals surface area contributed by atoms with Crippen molar-refractivity contribution in [2.45, 2.75) is 226 Å². The third-order valence-corrected chi connectivity index (χ3v) is 8.00. The van der Waals surface area contributed by atoms with E-state index in [1.54, 1.807) is 0 Å². The van der Waals surface area contributed by atoms with E-state index < -0.39 is 5.97 Å². The van der Waals surface area contributed by atoms with E-state index >= 15 is 0 Å². The molecule has 0 aromatic rings. The maximum atomic E-state index is 11.4.